The van der Waals surface area contributed by atoms with Crippen molar-refractivity contribution in [3.63, 3.8) is 0 Å². The number of alkyl halides is 3. The van der Waals surface area contributed by atoms with Gasteiger partial charge < -0.3 is 0 Å². The number of nitrogens with zero attached hydrogens (tertiary/aromatic N) is 2. The van der Waals surface area contributed by atoms with Gasteiger partial charge in [0.05, 0.1) is 15.7 Å². The molecule has 0 aliphatic heterocycles. The second-order valence-corrected chi connectivity index (χ2v) is 8.68. The van der Waals surface area contributed by atoms with Crippen LogP contribution in [0, 0.1) is 5.82 Å². The molecule has 0 spiro atoms. The first kappa shape index (κ1) is 23.0. The van der Waals surface area contributed by atoms with Gasteiger partial charge in [-0.05, 0) is 24.3 Å². The summed E-state index contributed by atoms with van der Waals surface area (Å²) in [4.78, 5) is 11.6. The summed E-state index contributed by atoms with van der Waals surface area (Å²) < 4.78 is 81.5. The van der Waals surface area contributed by atoms with Crippen molar-refractivity contribution in [2.45, 2.75) is 11.1 Å². The summed E-state index contributed by atoms with van der Waals surface area (Å²) in [6.07, 6.45) is -4.87. The normalized spacial score (nSPS) is 12.1. The smallest absolute Gasteiger partial charge is 0.287 e. The molecule has 6 nitrogen and oxygen atoms in total. The third-order valence-electron chi connectivity index (χ3n) is 4.07. The molecule has 0 atom stereocenters. The van der Waals surface area contributed by atoms with Crippen LogP contribution >= 0.6 is 23.2 Å². The van der Waals surface area contributed by atoms with Gasteiger partial charge in [0.25, 0.3) is 10.0 Å². The van der Waals surface area contributed by atoms with Crippen molar-refractivity contribution >= 4 is 38.9 Å². The van der Waals surface area contributed by atoms with Crippen molar-refractivity contribution in [1.29, 1.82) is 0 Å². The Balaban J connectivity index is 2.16. The lowest BCUT2D eigenvalue weighted by molar-refractivity contribution is -0.144. The molecule has 0 amide bonds. The fourth-order valence-electron chi connectivity index (χ4n) is 2.65. The second-order valence-electron chi connectivity index (χ2n) is 6.21. The second kappa shape index (κ2) is 8.13. The van der Waals surface area contributed by atoms with Gasteiger partial charge in [-0.3, -0.25) is 14.2 Å². The number of hydrogen-bond donors (Lipinski definition) is 1. The summed E-state index contributed by atoms with van der Waals surface area (Å²) in [7, 11) is -3.50. The molecular weight excluding hydrogens is 485 g/mol. The minimum absolute atomic E-state index is 0.00896. The summed E-state index contributed by atoms with van der Waals surface area (Å²) in [5.74, 6) is -1.15. The number of hydrogen-bond acceptors (Lipinski definition) is 4. The first-order chi connectivity index (χ1) is 14.3. The highest BCUT2D eigenvalue weighted by Gasteiger charge is 2.35. The number of rotatable bonds is 4. The Morgan fingerprint density at radius 1 is 1.06 bits per heavy atom. The number of aromatic nitrogens is 2. The van der Waals surface area contributed by atoms with Crippen LogP contribution in [0.25, 0.3) is 11.3 Å². The third kappa shape index (κ3) is 4.68. The summed E-state index contributed by atoms with van der Waals surface area (Å²) in [5, 5.41) is 3.03. The van der Waals surface area contributed by atoms with Crippen molar-refractivity contribution in [2.24, 2.45) is 7.05 Å². The van der Waals surface area contributed by atoms with E-state index in [4.69, 9.17) is 23.2 Å². The van der Waals surface area contributed by atoms with Gasteiger partial charge in [-0.1, -0.05) is 35.3 Å². The Labute approximate surface area is 183 Å². The lowest BCUT2D eigenvalue weighted by atomic mass is 10.1. The van der Waals surface area contributed by atoms with E-state index >= 15 is 0 Å². The Morgan fingerprint density at radius 2 is 1.71 bits per heavy atom. The number of benzene rings is 2. The van der Waals surface area contributed by atoms with E-state index in [2.05, 4.69) is 9.82 Å². The first-order valence-electron chi connectivity index (χ1n) is 8.23. The van der Waals surface area contributed by atoms with Crippen LogP contribution in [0.4, 0.5) is 23.2 Å². The maximum Gasteiger partial charge on any atom is 0.433 e. The van der Waals surface area contributed by atoms with Crippen LogP contribution in [0.15, 0.2) is 52.2 Å². The molecule has 0 unspecified atom stereocenters. The van der Waals surface area contributed by atoms with Gasteiger partial charge in [0.15, 0.2) is 0 Å². The molecule has 1 N–H and O–H groups in total. The fourth-order valence-corrected chi connectivity index (χ4v) is 4.51. The van der Waals surface area contributed by atoms with Gasteiger partial charge in [-0.25, -0.2) is 12.8 Å². The lowest BCUT2D eigenvalue weighted by Crippen LogP contribution is -2.23. The Hall–Kier alpha value is -2.63. The molecule has 1 aromatic heterocycles. The number of anilines is 1. The molecule has 0 saturated carbocycles. The van der Waals surface area contributed by atoms with E-state index in [0.717, 1.165) is 7.05 Å². The van der Waals surface area contributed by atoms with Crippen molar-refractivity contribution in [2.75, 3.05) is 4.72 Å². The number of sulfonamides is 1. The number of halogens is 6. The van der Waals surface area contributed by atoms with E-state index in [9.17, 15) is 30.8 Å². The Bertz CT molecular complexity index is 1340. The first-order valence-corrected chi connectivity index (χ1v) is 10.5. The van der Waals surface area contributed by atoms with Crippen LogP contribution in [-0.2, 0) is 23.2 Å². The molecule has 13 heteroatoms. The molecule has 164 valence electrons. The van der Waals surface area contributed by atoms with E-state index in [1.165, 1.54) is 18.2 Å². The zero-order valence-electron chi connectivity index (χ0n) is 15.3. The SMILES string of the molecule is Cn1nc(-c2cc(S(=O)(=O)Nc3ccccc3Cl)c(Cl)cc2F)c(=O)cc1C(F)(F)F. The van der Waals surface area contributed by atoms with Gasteiger partial charge in [-0.15, -0.1) is 0 Å². The number of nitrogens with one attached hydrogen (secondary N) is 1. The van der Waals surface area contributed by atoms with E-state index in [0.29, 0.717) is 16.8 Å². The minimum Gasteiger partial charge on any atom is -0.287 e. The molecular formula is C18H11Cl2F4N3O3S. The third-order valence-corrected chi connectivity index (χ3v) is 6.23. The van der Waals surface area contributed by atoms with Crippen molar-refractivity contribution in [3.8, 4) is 11.3 Å². The molecule has 0 aliphatic carbocycles. The van der Waals surface area contributed by atoms with E-state index in [1.807, 2.05) is 0 Å². The zero-order chi connectivity index (χ0) is 23.1. The van der Waals surface area contributed by atoms with Crippen LogP contribution in [-0.4, -0.2) is 18.2 Å². The fraction of sp³-hybridized carbons (Fsp3) is 0.111. The monoisotopic (exact) mass is 495 g/mol. The van der Waals surface area contributed by atoms with Crippen LogP contribution in [0.3, 0.4) is 0 Å². The lowest BCUT2D eigenvalue weighted by Gasteiger charge is -2.14. The predicted molar refractivity (Wildman–Crippen MR) is 107 cm³/mol. The van der Waals surface area contributed by atoms with Crippen LogP contribution in [0.2, 0.25) is 10.0 Å². The van der Waals surface area contributed by atoms with E-state index in [-0.39, 0.29) is 16.8 Å². The quantitative estimate of drug-likeness (QED) is 0.531. The van der Waals surface area contributed by atoms with Crippen molar-refractivity contribution < 1.29 is 26.0 Å². The molecule has 0 fully saturated rings. The number of para-hydroxylation sites is 1. The van der Waals surface area contributed by atoms with Crippen molar-refractivity contribution in [1.82, 2.24) is 9.78 Å². The highest BCUT2D eigenvalue weighted by molar-refractivity contribution is 7.92. The molecule has 0 bridgehead atoms. The highest BCUT2D eigenvalue weighted by atomic mass is 35.5. The van der Waals surface area contributed by atoms with Crippen molar-refractivity contribution in [3.05, 3.63) is 74.2 Å². The van der Waals surface area contributed by atoms with E-state index < -0.39 is 54.3 Å². The van der Waals surface area contributed by atoms with Gasteiger partial charge in [0.1, 0.15) is 22.1 Å². The molecule has 3 rings (SSSR count). The summed E-state index contributed by atoms with van der Waals surface area (Å²) in [6, 6.07) is 7.45. The van der Waals surface area contributed by atoms with Crippen LogP contribution in [0.5, 0.6) is 0 Å². The molecule has 0 radical (unpaired) electrons. The summed E-state index contributed by atoms with van der Waals surface area (Å²) in [5.41, 5.74) is -3.97. The molecule has 1 heterocycles. The van der Waals surface area contributed by atoms with Gasteiger partial charge in [0.2, 0.25) is 5.43 Å². The average molecular weight is 496 g/mol. The molecule has 0 saturated heterocycles. The molecule has 3 aromatic rings. The Kier molecular flexibility index (Phi) is 6.05. The maximum absolute atomic E-state index is 14.5. The molecule has 2 aromatic carbocycles. The maximum atomic E-state index is 14.5. The largest absolute Gasteiger partial charge is 0.433 e. The van der Waals surface area contributed by atoms with Crippen LogP contribution in [0.1, 0.15) is 5.69 Å². The topological polar surface area (TPSA) is 81.1 Å². The predicted octanol–water partition coefficient (Wildman–Crippen LogP) is 4.71. The van der Waals surface area contributed by atoms with E-state index in [1.54, 1.807) is 6.07 Å². The van der Waals surface area contributed by atoms with Crippen LogP contribution < -0.4 is 10.2 Å². The zero-order valence-corrected chi connectivity index (χ0v) is 17.7. The average Bonchev–Trinajstić information content (AvgIpc) is 2.64. The van der Waals surface area contributed by atoms with Gasteiger partial charge >= 0.3 is 6.18 Å². The minimum atomic E-state index is -4.87. The Morgan fingerprint density at radius 3 is 2.32 bits per heavy atom. The van der Waals surface area contributed by atoms with Gasteiger partial charge in [0, 0.05) is 18.7 Å². The standard InChI is InChI=1S/C18H11Cl2F4N3O3S/c1-27-16(18(22,23)24)8-14(28)17(25-27)9-6-15(11(20)7-12(9)21)31(29,30)26-13-5-3-2-4-10(13)19/h2-8,26H,1H3. The highest BCUT2D eigenvalue weighted by Crippen LogP contribution is 2.33. The number of aryl methyl sites for hydroxylation is 1. The summed E-state index contributed by atoms with van der Waals surface area (Å²) in [6.45, 7) is 0. The van der Waals surface area contributed by atoms with Gasteiger partial charge in [-0.2, -0.15) is 18.3 Å². The molecule has 31 heavy (non-hydrogen) atoms. The summed E-state index contributed by atoms with van der Waals surface area (Å²) >= 11 is 11.8. The molecule has 0 aliphatic rings.